The van der Waals surface area contributed by atoms with Gasteiger partial charge in [0.2, 0.25) is 0 Å². The second kappa shape index (κ2) is 8.90. The maximum Gasteiger partial charge on any atom is 0.171 e. The van der Waals surface area contributed by atoms with Gasteiger partial charge in [0.25, 0.3) is 0 Å². The molecule has 0 fully saturated rings. The second-order valence-corrected chi connectivity index (χ2v) is 6.02. The van der Waals surface area contributed by atoms with Gasteiger partial charge in [0.1, 0.15) is 12.4 Å². The molecule has 0 amide bonds. The van der Waals surface area contributed by atoms with Crippen molar-refractivity contribution in [2.24, 2.45) is 0 Å². The fourth-order valence-electron chi connectivity index (χ4n) is 2.16. The van der Waals surface area contributed by atoms with Gasteiger partial charge in [-0.3, -0.25) is 0 Å². The molecule has 0 aromatic heterocycles. The van der Waals surface area contributed by atoms with Crippen LogP contribution in [0.15, 0.2) is 48.5 Å². The van der Waals surface area contributed by atoms with Gasteiger partial charge in [0.05, 0.1) is 18.5 Å². The molecular weight excluding hydrogens is 318 g/mol. The van der Waals surface area contributed by atoms with Crippen molar-refractivity contribution in [1.82, 2.24) is 5.32 Å². The van der Waals surface area contributed by atoms with Crippen LogP contribution < -0.4 is 15.4 Å². The molecule has 0 bridgehead atoms. The highest BCUT2D eigenvalue weighted by Gasteiger charge is 2.07. The fourth-order valence-corrected chi connectivity index (χ4v) is 2.48. The summed E-state index contributed by atoms with van der Waals surface area (Å²) in [7, 11) is 0. The lowest BCUT2D eigenvalue weighted by Crippen LogP contribution is -2.39. The zero-order valence-electron chi connectivity index (χ0n) is 13.9. The van der Waals surface area contributed by atoms with Crippen molar-refractivity contribution in [2.75, 3.05) is 11.9 Å². The van der Waals surface area contributed by atoms with Crippen LogP contribution in [0.4, 0.5) is 5.69 Å². The lowest BCUT2D eigenvalue weighted by Gasteiger charge is -2.18. The van der Waals surface area contributed by atoms with E-state index >= 15 is 0 Å². The summed E-state index contributed by atoms with van der Waals surface area (Å²) < 4.78 is 5.81. The lowest BCUT2D eigenvalue weighted by atomic mass is 10.1. The average Bonchev–Trinajstić information content (AvgIpc) is 2.56. The van der Waals surface area contributed by atoms with E-state index in [0.29, 0.717) is 18.1 Å². The van der Waals surface area contributed by atoms with E-state index < -0.39 is 0 Å². The van der Waals surface area contributed by atoms with Crippen molar-refractivity contribution in [2.45, 2.75) is 26.3 Å². The third-order valence-electron chi connectivity index (χ3n) is 3.45. The first-order chi connectivity index (χ1) is 11.6. The van der Waals surface area contributed by atoms with E-state index in [1.807, 2.05) is 62.4 Å². The highest BCUT2D eigenvalue weighted by atomic mass is 32.1. The van der Waals surface area contributed by atoms with Gasteiger partial charge in [-0.2, -0.15) is 5.26 Å². The Morgan fingerprint density at radius 2 is 1.92 bits per heavy atom. The minimum atomic E-state index is 0.0717. The molecule has 24 heavy (non-hydrogen) atoms. The molecule has 124 valence electrons. The minimum Gasteiger partial charge on any atom is -0.491 e. The number of anilines is 1. The normalized spacial score (nSPS) is 11.2. The van der Waals surface area contributed by atoms with Gasteiger partial charge in [0, 0.05) is 5.69 Å². The summed E-state index contributed by atoms with van der Waals surface area (Å²) in [4.78, 5) is 0. The minimum absolute atomic E-state index is 0.0717. The van der Waals surface area contributed by atoms with E-state index in [-0.39, 0.29) is 6.04 Å². The lowest BCUT2D eigenvalue weighted by molar-refractivity contribution is 0.285. The summed E-state index contributed by atoms with van der Waals surface area (Å²) in [6, 6.07) is 17.8. The van der Waals surface area contributed by atoms with Crippen molar-refractivity contribution in [3.05, 3.63) is 59.7 Å². The highest BCUT2D eigenvalue weighted by Crippen LogP contribution is 2.16. The van der Waals surface area contributed by atoms with Crippen LogP contribution in [-0.2, 0) is 6.42 Å². The number of para-hydroxylation sites is 1. The molecule has 2 aromatic carbocycles. The fraction of sp³-hybridized carbons (Fsp3) is 0.263. The summed E-state index contributed by atoms with van der Waals surface area (Å²) in [5.74, 6) is 0.887. The van der Waals surface area contributed by atoms with Crippen LogP contribution in [0.25, 0.3) is 0 Å². The highest BCUT2D eigenvalue weighted by molar-refractivity contribution is 7.80. The van der Waals surface area contributed by atoms with E-state index in [2.05, 4.69) is 16.7 Å². The molecule has 2 N–H and O–H groups in total. The van der Waals surface area contributed by atoms with E-state index in [4.69, 9.17) is 22.2 Å². The number of nitrogens with one attached hydrogen (secondary N) is 2. The van der Waals surface area contributed by atoms with E-state index in [9.17, 15) is 0 Å². The summed E-state index contributed by atoms with van der Waals surface area (Å²) in [5.41, 5.74) is 2.99. The number of thiocarbonyl (C=S) groups is 1. The summed E-state index contributed by atoms with van der Waals surface area (Å²) in [5, 5.41) is 15.6. The molecule has 0 heterocycles. The molecular formula is C19H21N3OS. The zero-order valence-corrected chi connectivity index (χ0v) is 14.7. The van der Waals surface area contributed by atoms with Crippen LogP contribution in [0.1, 0.15) is 18.1 Å². The van der Waals surface area contributed by atoms with E-state index in [1.54, 1.807) is 0 Å². The SMILES string of the molecule is Cc1ccccc1OCC(C)NC(=S)Nc1ccc(CC#N)cc1. The Balaban J connectivity index is 1.79. The summed E-state index contributed by atoms with van der Waals surface area (Å²) >= 11 is 5.32. The standard InChI is InChI=1S/C19H21N3OS/c1-14-5-3-4-6-18(14)23-13-15(2)21-19(24)22-17-9-7-16(8-10-17)11-12-20/h3-10,15H,11,13H2,1-2H3,(H2,21,22,24). The number of hydrogen-bond acceptors (Lipinski definition) is 3. The van der Waals surface area contributed by atoms with Crippen LogP contribution >= 0.6 is 12.2 Å². The molecule has 4 nitrogen and oxygen atoms in total. The largest absolute Gasteiger partial charge is 0.491 e. The molecule has 1 unspecified atom stereocenters. The number of nitriles is 1. The van der Waals surface area contributed by atoms with Crippen molar-refractivity contribution < 1.29 is 4.74 Å². The predicted molar refractivity (Wildman–Crippen MR) is 101 cm³/mol. The van der Waals surface area contributed by atoms with Gasteiger partial charge < -0.3 is 15.4 Å². The first-order valence-electron chi connectivity index (χ1n) is 7.80. The smallest absolute Gasteiger partial charge is 0.171 e. The monoisotopic (exact) mass is 339 g/mol. The van der Waals surface area contributed by atoms with Gasteiger partial charge in [-0.05, 0) is 55.4 Å². The third-order valence-corrected chi connectivity index (χ3v) is 3.67. The molecule has 2 aromatic rings. The van der Waals surface area contributed by atoms with Gasteiger partial charge in [-0.15, -0.1) is 0 Å². The Morgan fingerprint density at radius 1 is 1.21 bits per heavy atom. The quantitative estimate of drug-likeness (QED) is 0.784. The molecule has 0 spiro atoms. The van der Waals surface area contributed by atoms with Gasteiger partial charge in [-0.1, -0.05) is 30.3 Å². The maximum atomic E-state index is 8.68. The van der Waals surface area contributed by atoms with Crippen molar-refractivity contribution in [3.63, 3.8) is 0 Å². The Labute approximate surface area is 148 Å². The molecule has 0 aliphatic rings. The molecule has 2 rings (SSSR count). The van der Waals surface area contributed by atoms with E-state index in [0.717, 1.165) is 22.6 Å². The Morgan fingerprint density at radius 3 is 2.58 bits per heavy atom. The molecule has 5 heteroatoms. The topological polar surface area (TPSA) is 57.1 Å². The van der Waals surface area contributed by atoms with Crippen LogP contribution in [0.5, 0.6) is 5.75 Å². The molecule has 0 aliphatic carbocycles. The van der Waals surface area contributed by atoms with Crippen molar-refractivity contribution in [1.29, 1.82) is 5.26 Å². The van der Waals surface area contributed by atoms with Crippen LogP contribution in [-0.4, -0.2) is 17.8 Å². The third kappa shape index (κ3) is 5.56. The first kappa shape index (κ1) is 17.8. The maximum absolute atomic E-state index is 8.68. The number of rotatable bonds is 6. The number of nitrogens with zero attached hydrogens (tertiary/aromatic N) is 1. The van der Waals surface area contributed by atoms with Crippen LogP contribution in [0, 0.1) is 18.3 Å². The van der Waals surface area contributed by atoms with Gasteiger partial charge in [-0.25, -0.2) is 0 Å². The molecule has 0 saturated carbocycles. The number of aryl methyl sites for hydroxylation is 1. The summed E-state index contributed by atoms with van der Waals surface area (Å²) in [6.07, 6.45) is 0.413. The first-order valence-corrected chi connectivity index (χ1v) is 8.21. The van der Waals surface area contributed by atoms with Crippen molar-refractivity contribution >= 4 is 23.0 Å². The molecule has 0 saturated heterocycles. The predicted octanol–water partition coefficient (Wildman–Crippen LogP) is 3.82. The zero-order chi connectivity index (χ0) is 17.4. The summed E-state index contributed by atoms with van der Waals surface area (Å²) in [6.45, 7) is 4.56. The van der Waals surface area contributed by atoms with Crippen LogP contribution in [0.2, 0.25) is 0 Å². The molecule has 0 aliphatic heterocycles. The molecule has 0 radical (unpaired) electrons. The number of ether oxygens (including phenoxy) is 1. The Bertz CT molecular complexity index is 722. The second-order valence-electron chi connectivity index (χ2n) is 5.61. The number of hydrogen-bond donors (Lipinski definition) is 2. The number of benzene rings is 2. The average molecular weight is 339 g/mol. The van der Waals surface area contributed by atoms with Crippen LogP contribution in [0.3, 0.4) is 0 Å². The molecule has 1 atom stereocenters. The van der Waals surface area contributed by atoms with Crippen molar-refractivity contribution in [3.8, 4) is 11.8 Å². The van der Waals surface area contributed by atoms with Gasteiger partial charge in [0.15, 0.2) is 5.11 Å². The Kier molecular flexibility index (Phi) is 6.59. The van der Waals surface area contributed by atoms with E-state index in [1.165, 1.54) is 0 Å². The Hall–Kier alpha value is -2.58. The van der Waals surface area contributed by atoms with Gasteiger partial charge >= 0.3 is 0 Å².